The average molecular weight is 522 g/mol. The van der Waals surface area contributed by atoms with E-state index >= 15 is 0 Å². The highest BCUT2D eigenvalue weighted by molar-refractivity contribution is 6.26. The van der Waals surface area contributed by atoms with Gasteiger partial charge in [-0.3, -0.25) is 0 Å². The Kier molecular flexibility index (Phi) is 4.61. The highest BCUT2D eigenvalue weighted by atomic mass is 14.9. The van der Waals surface area contributed by atoms with Gasteiger partial charge in [0.2, 0.25) is 0 Å². The molecule has 3 heteroatoms. The summed E-state index contributed by atoms with van der Waals surface area (Å²) in [5.74, 6) is 0.722. The Bertz CT molecular complexity index is 2340. The average Bonchev–Trinajstić information content (AvgIpc) is 3.39. The molecular formula is C38H23N3. The summed E-state index contributed by atoms with van der Waals surface area (Å²) in [6.45, 7) is 0. The fourth-order valence-corrected chi connectivity index (χ4v) is 6.50. The first kappa shape index (κ1) is 22.3. The van der Waals surface area contributed by atoms with E-state index in [0.29, 0.717) is 0 Å². The molecule has 9 rings (SSSR count). The van der Waals surface area contributed by atoms with E-state index in [9.17, 15) is 0 Å². The third kappa shape index (κ3) is 3.26. The van der Waals surface area contributed by atoms with Crippen LogP contribution in [0, 0.1) is 0 Å². The lowest BCUT2D eigenvalue weighted by molar-refractivity contribution is 1.18. The topological polar surface area (TPSA) is 30.2 Å². The second-order valence-electron chi connectivity index (χ2n) is 10.6. The maximum atomic E-state index is 5.10. The van der Waals surface area contributed by atoms with Crippen molar-refractivity contribution < 1.29 is 0 Å². The molecule has 6 aromatic carbocycles. The smallest absolute Gasteiger partial charge is 0.160 e. The van der Waals surface area contributed by atoms with Crippen molar-refractivity contribution in [3.05, 3.63) is 140 Å². The van der Waals surface area contributed by atoms with Crippen molar-refractivity contribution in [1.82, 2.24) is 14.4 Å². The van der Waals surface area contributed by atoms with E-state index < -0.39 is 0 Å². The molecule has 0 fully saturated rings. The van der Waals surface area contributed by atoms with E-state index in [1.54, 1.807) is 0 Å². The molecule has 0 N–H and O–H groups in total. The van der Waals surface area contributed by atoms with E-state index in [2.05, 4.69) is 132 Å². The van der Waals surface area contributed by atoms with Crippen LogP contribution in [0.5, 0.6) is 0 Å². The Balaban J connectivity index is 1.37. The lowest BCUT2D eigenvalue weighted by Gasteiger charge is -2.13. The van der Waals surface area contributed by atoms with E-state index in [-0.39, 0.29) is 0 Å². The Morgan fingerprint density at radius 2 is 1.02 bits per heavy atom. The van der Waals surface area contributed by atoms with Crippen LogP contribution in [0.15, 0.2) is 140 Å². The van der Waals surface area contributed by atoms with Crippen molar-refractivity contribution in [3.63, 3.8) is 0 Å². The third-order valence-corrected chi connectivity index (χ3v) is 8.33. The van der Waals surface area contributed by atoms with Gasteiger partial charge in [-0.05, 0) is 29.0 Å². The van der Waals surface area contributed by atoms with Crippen molar-refractivity contribution in [3.8, 4) is 33.9 Å². The van der Waals surface area contributed by atoms with E-state index in [4.69, 9.17) is 9.97 Å². The molecule has 0 aliphatic rings. The van der Waals surface area contributed by atoms with Gasteiger partial charge >= 0.3 is 0 Å². The molecule has 0 amide bonds. The van der Waals surface area contributed by atoms with Gasteiger partial charge in [0.05, 0.1) is 27.9 Å². The molecule has 0 spiro atoms. The second-order valence-corrected chi connectivity index (χ2v) is 10.6. The lowest BCUT2D eigenvalue weighted by atomic mass is 9.99. The SMILES string of the molecule is c1ccc(-c2cc(-c3ccccc3)nc(-c3ccc4c5cccc6c7cccc8cccc(c87)n(c4c3)c65)n2)cc1. The number of para-hydroxylation sites is 1. The maximum absolute atomic E-state index is 5.10. The third-order valence-electron chi connectivity index (χ3n) is 8.33. The first-order chi connectivity index (χ1) is 20.3. The first-order valence-corrected chi connectivity index (χ1v) is 13.9. The monoisotopic (exact) mass is 521 g/mol. The zero-order chi connectivity index (χ0) is 26.9. The quantitative estimate of drug-likeness (QED) is 0.171. The number of aromatic nitrogens is 3. The molecule has 0 saturated heterocycles. The van der Waals surface area contributed by atoms with Crippen LogP contribution in [-0.4, -0.2) is 14.4 Å². The highest BCUT2D eigenvalue weighted by Gasteiger charge is 2.18. The molecule has 0 atom stereocenters. The van der Waals surface area contributed by atoms with E-state index in [1.807, 2.05) is 12.1 Å². The predicted octanol–water partition coefficient (Wildman–Crippen LogP) is 9.78. The predicted molar refractivity (Wildman–Crippen MR) is 171 cm³/mol. The van der Waals surface area contributed by atoms with Gasteiger partial charge < -0.3 is 4.40 Å². The zero-order valence-electron chi connectivity index (χ0n) is 22.1. The zero-order valence-corrected chi connectivity index (χ0v) is 22.1. The lowest BCUT2D eigenvalue weighted by Crippen LogP contribution is -1.96. The molecule has 0 saturated carbocycles. The molecule has 3 aromatic heterocycles. The minimum absolute atomic E-state index is 0.722. The van der Waals surface area contributed by atoms with Crippen molar-refractivity contribution in [2.24, 2.45) is 0 Å². The molecular weight excluding hydrogens is 498 g/mol. The Labute approximate surface area is 236 Å². The van der Waals surface area contributed by atoms with Crippen LogP contribution < -0.4 is 0 Å². The largest absolute Gasteiger partial charge is 0.308 e. The van der Waals surface area contributed by atoms with Crippen LogP contribution in [0.4, 0.5) is 0 Å². The number of pyridine rings is 1. The minimum atomic E-state index is 0.722. The molecule has 0 unspecified atom stereocenters. The number of hydrogen-bond donors (Lipinski definition) is 0. The Morgan fingerprint density at radius 1 is 0.415 bits per heavy atom. The first-order valence-electron chi connectivity index (χ1n) is 13.9. The summed E-state index contributed by atoms with van der Waals surface area (Å²) in [6, 6.07) is 49.4. The minimum Gasteiger partial charge on any atom is -0.308 e. The Hall–Kier alpha value is -5.54. The van der Waals surface area contributed by atoms with Crippen molar-refractivity contribution in [2.45, 2.75) is 0 Å². The molecule has 190 valence electrons. The number of rotatable bonds is 3. The Morgan fingerprint density at radius 3 is 1.73 bits per heavy atom. The van der Waals surface area contributed by atoms with Crippen molar-refractivity contribution in [2.75, 3.05) is 0 Å². The van der Waals surface area contributed by atoms with Gasteiger partial charge in [-0.15, -0.1) is 0 Å². The van der Waals surface area contributed by atoms with Crippen LogP contribution >= 0.6 is 0 Å². The highest BCUT2D eigenvalue weighted by Crippen LogP contribution is 2.41. The summed E-state index contributed by atoms with van der Waals surface area (Å²) >= 11 is 0. The van der Waals surface area contributed by atoms with Gasteiger partial charge in [0.1, 0.15) is 0 Å². The van der Waals surface area contributed by atoms with Crippen LogP contribution in [0.25, 0.3) is 82.8 Å². The number of hydrogen-bond acceptors (Lipinski definition) is 2. The molecule has 0 aliphatic heterocycles. The number of benzene rings is 6. The fraction of sp³-hybridized carbons (Fsp3) is 0. The van der Waals surface area contributed by atoms with Crippen molar-refractivity contribution >= 4 is 48.9 Å². The number of nitrogens with zero attached hydrogens (tertiary/aromatic N) is 3. The molecule has 3 heterocycles. The fourth-order valence-electron chi connectivity index (χ4n) is 6.50. The van der Waals surface area contributed by atoms with Crippen molar-refractivity contribution in [1.29, 1.82) is 0 Å². The van der Waals surface area contributed by atoms with Crippen LogP contribution in [0.3, 0.4) is 0 Å². The molecule has 3 nitrogen and oxygen atoms in total. The molecule has 41 heavy (non-hydrogen) atoms. The molecule has 0 aliphatic carbocycles. The van der Waals surface area contributed by atoms with E-state index in [1.165, 1.54) is 48.9 Å². The van der Waals surface area contributed by atoms with Crippen LogP contribution in [0.1, 0.15) is 0 Å². The number of fused-ring (bicyclic) bond motifs is 5. The molecule has 0 bridgehead atoms. The summed E-state index contributed by atoms with van der Waals surface area (Å²) in [5, 5.41) is 7.62. The standard InChI is InChI=1S/C38H23N3/c1-3-10-24(11-4-1)32-23-33(25-12-5-2-6-13-25)40-38(39-32)27-20-21-28-30-17-9-18-31-29-16-7-14-26-15-8-19-34(36(26)29)41(37(30)31)35(28)22-27/h1-23H. The summed E-state index contributed by atoms with van der Waals surface area (Å²) < 4.78 is 2.44. The molecule has 9 aromatic rings. The van der Waals surface area contributed by atoms with Gasteiger partial charge in [0, 0.05) is 38.2 Å². The summed E-state index contributed by atoms with van der Waals surface area (Å²) in [4.78, 5) is 10.2. The summed E-state index contributed by atoms with van der Waals surface area (Å²) in [6.07, 6.45) is 0. The van der Waals surface area contributed by atoms with E-state index in [0.717, 1.165) is 33.9 Å². The van der Waals surface area contributed by atoms with Gasteiger partial charge in [-0.2, -0.15) is 0 Å². The molecule has 0 radical (unpaired) electrons. The maximum Gasteiger partial charge on any atom is 0.160 e. The van der Waals surface area contributed by atoms with Crippen LogP contribution in [0.2, 0.25) is 0 Å². The van der Waals surface area contributed by atoms with Gasteiger partial charge in [0.15, 0.2) is 5.82 Å². The van der Waals surface area contributed by atoms with Crippen LogP contribution in [-0.2, 0) is 0 Å². The second kappa shape index (κ2) is 8.48. The summed E-state index contributed by atoms with van der Waals surface area (Å²) in [5.41, 5.74) is 8.62. The normalized spacial score (nSPS) is 11.9. The van der Waals surface area contributed by atoms with Gasteiger partial charge in [-0.25, -0.2) is 9.97 Å². The summed E-state index contributed by atoms with van der Waals surface area (Å²) in [7, 11) is 0. The van der Waals surface area contributed by atoms with Gasteiger partial charge in [0.25, 0.3) is 0 Å². The van der Waals surface area contributed by atoms with Gasteiger partial charge in [-0.1, -0.05) is 121 Å².